The van der Waals surface area contributed by atoms with Gasteiger partial charge in [-0.05, 0) is 30.7 Å². The fourth-order valence-corrected chi connectivity index (χ4v) is 1.43. The molecule has 1 aromatic rings. The fraction of sp³-hybridized carbons (Fsp3) is 0.357. The first-order valence-corrected chi connectivity index (χ1v) is 5.97. The maximum atomic E-state index is 10.5. The monoisotopic (exact) mass is 266 g/mol. The van der Waals surface area contributed by atoms with Gasteiger partial charge < -0.3 is 19.3 Å². The Balaban J connectivity index is 2.75. The third-order valence-corrected chi connectivity index (χ3v) is 2.30. The molecule has 19 heavy (non-hydrogen) atoms. The molecule has 0 aliphatic rings. The normalized spacial score (nSPS) is 10.6. The Hall–Kier alpha value is -2.01. The van der Waals surface area contributed by atoms with Crippen LogP contribution in [-0.2, 0) is 9.53 Å². The minimum atomic E-state index is -0.991. The van der Waals surface area contributed by atoms with E-state index in [0.29, 0.717) is 31.3 Å². The molecule has 0 unspecified atom stereocenters. The minimum Gasteiger partial charge on any atom is -0.493 e. The van der Waals surface area contributed by atoms with Crippen molar-refractivity contribution in [1.82, 2.24) is 0 Å². The quantitative estimate of drug-likeness (QED) is 0.577. The Bertz CT molecular complexity index is 439. The van der Waals surface area contributed by atoms with E-state index in [9.17, 15) is 4.79 Å². The van der Waals surface area contributed by atoms with Crippen LogP contribution in [0.25, 0.3) is 6.08 Å². The summed E-state index contributed by atoms with van der Waals surface area (Å²) in [6.07, 6.45) is 2.57. The van der Waals surface area contributed by atoms with Gasteiger partial charge in [-0.2, -0.15) is 0 Å². The zero-order valence-corrected chi connectivity index (χ0v) is 11.1. The molecule has 0 fully saturated rings. The van der Waals surface area contributed by atoms with Crippen molar-refractivity contribution in [3.05, 3.63) is 29.8 Å². The maximum absolute atomic E-state index is 10.5. The lowest BCUT2D eigenvalue weighted by Gasteiger charge is -2.11. The first kappa shape index (κ1) is 15.0. The van der Waals surface area contributed by atoms with Crippen LogP contribution < -0.4 is 9.47 Å². The number of ether oxygens (including phenoxy) is 3. The highest BCUT2D eigenvalue weighted by molar-refractivity contribution is 5.85. The van der Waals surface area contributed by atoms with Crippen LogP contribution in [-0.4, -0.2) is 38.0 Å². The summed E-state index contributed by atoms with van der Waals surface area (Å²) in [4.78, 5) is 10.5. The molecular weight excluding hydrogens is 248 g/mol. The minimum absolute atomic E-state index is 0.413. The average Bonchev–Trinajstić information content (AvgIpc) is 2.41. The van der Waals surface area contributed by atoms with Crippen molar-refractivity contribution in [3.8, 4) is 11.5 Å². The molecule has 0 bridgehead atoms. The molecule has 1 rings (SSSR count). The highest BCUT2D eigenvalue weighted by atomic mass is 16.5. The topological polar surface area (TPSA) is 65.0 Å². The van der Waals surface area contributed by atoms with Gasteiger partial charge in [0.1, 0.15) is 6.61 Å². The van der Waals surface area contributed by atoms with Crippen LogP contribution in [0.1, 0.15) is 12.5 Å². The van der Waals surface area contributed by atoms with Crippen molar-refractivity contribution >= 4 is 12.0 Å². The summed E-state index contributed by atoms with van der Waals surface area (Å²) in [5.41, 5.74) is 0.731. The van der Waals surface area contributed by atoms with Gasteiger partial charge in [-0.3, -0.25) is 0 Å². The van der Waals surface area contributed by atoms with E-state index in [1.54, 1.807) is 25.3 Å². The van der Waals surface area contributed by atoms with Crippen LogP contribution >= 0.6 is 0 Å². The number of hydrogen-bond donors (Lipinski definition) is 1. The van der Waals surface area contributed by atoms with E-state index >= 15 is 0 Å². The van der Waals surface area contributed by atoms with E-state index in [1.807, 2.05) is 6.92 Å². The highest BCUT2D eigenvalue weighted by Crippen LogP contribution is 2.28. The SMILES string of the molecule is CCOCCOc1cc(/C=C/C(=O)O)ccc1OC. The molecule has 1 aromatic carbocycles. The van der Waals surface area contributed by atoms with Crippen molar-refractivity contribution in [2.45, 2.75) is 6.92 Å². The predicted octanol–water partition coefficient (Wildman–Crippen LogP) is 2.21. The molecule has 5 nitrogen and oxygen atoms in total. The van der Waals surface area contributed by atoms with E-state index in [-0.39, 0.29) is 0 Å². The molecule has 0 radical (unpaired) electrons. The average molecular weight is 266 g/mol. The summed E-state index contributed by atoms with van der Waals surface area (Å²) in [6.45, 7) is 3.46. The molecule has 0 aliphatic carbocycles. The van der Waals surface area contributed by atoms with Crippen molar-refractivity contribution in [1.29, 1.82) is 0 Å². The van der Waals surface area contributed by atoms with Crippen molar-refractivity contribution in [3.63, 3.8) is 0 Å². The summed E-state index contributed by atoms with van der Waals surface area (Å²) in [6, 6.07) is 5.22. The maximum Gasteiger partial charge on any atom is 0.328 e. The zero-order chi connectivity index (χ0) is 14.1. The first-order valence-electron chi connectivity index (χ1n) is 5.97. The number of carboxylic acid groups (broad SMARTS) is 1. The van der Waals surface area contributed by atoms with Gasteiger partial charge in [0.05, 0.1) is 13.7 Å². The molecule has 0 aromatic heterocycles. The van der Waals surface area contributed by atoms with E-state index in [2.05, 4.69) is 0 Å². The zero-order valence-electron chi connectivity index (χ0n) is 11.1. The summed E-state index contributed by atoms with van der Waals surface area (Å²) < 4.78 is 15.9. The lowest BCUT2D eigenvalue weighted by atomic mass is 10.2. The van der Waals surface area contributed by atoms with Gasteiger partial charge in [0.15, 0.2) is 11.5 Å². The van der Waals surface area contributed by atoms with Gasteiger partial charge >= 0.3 is 5.97 Å². The lowest BCUT2D eigenvalue weighted by Crippen LogP contribution is -2.07. The molecule has 0 aliphatic heterocycles. The molecule has 0 atom stereocenters. The third kappa shape index (κ3) is 5.44. The second-order valence-electron chi connectivity index (χ2n) is 3.63. The molecular formula is C14H18O5. The molecule has 0 spiro atoms. The lowest BCUT2D eigenvalue weighted by molar-refractivity contribution is -0.131. The van der Waals surface area contributed by atoms with E-state index in [1.165, 1.54) is 6.08 Å². The van der Waals surface area contributed by atoms with Crippen molar-refractivity contribution in [2.24, 2.45) is 0 Å². The van der Waals surface area contributed by atoms with Gasteiger partial charge in [0.2, 0.25) is 0 Å². The van der Waals surface area contributed by atoms with Gasteiger partial charge in [-0.15, -0.1) is 0 Å². The third-order valence-electron chi connectivity index (χ3n) is 2.30. The van der Waals surface area contributed by atoms with Crippen LogP contribution in [0.5, 0.6) is 11.5 Å². The number of methoxy groups -OCH3 is 1. The number of carboxylic acids is 1. The Morgan fingerprint density at radius 3 is 2.74 bits per heavy atom. The van der Waals surface area contributed by atoms with Crippen LogP contribution in [0.15, 0.2) is 24.3 Å². The fourth-order valence-electron chi connectivity index (χ4n) is 1.43. The molecule has 1 N–H and O–H groups in total. The second-order valence-corrected chi connectivity index (χ2v) is 3.63. The summed E-state index contributed by atoms with van der Waals surface area (Å²) in [5.74, 6) is 0.174. The molecule has 0 heterocycles. The van der Waals surface area contributed by atoms with E-state index < -0.39 is 5.97 Å². The molecule has 5 heteroatoms. The van der Waals surface area contributed by atoms with E-state index in [0.717, 1.165) is 11.6 Å². The van der Waals surface area contributed by atoms with Crippen LogP contribution in [0, 0.1) is 0 Å². The van der Waals surface area contributed by atoms with Crippen LogP contribution in [0.4, 0.5) is 0 Å². The largest absolute Gasteiger partial charge is 0.493 e. The molecule has 0 saturated carbocycles. The summed E-state index contributed by atoms with van der Waals surface area (Å²) in [5, 5.41) is 8.59. The van der Waals surface area contributed by atoms with Gasteiger partial charge in [0.25, 0.3) is 0 Å². The van der Waals surface area contributed by atoms with Crippen LogP contribution in [0.3, 0.4) is 0 Å². The van der Waals surface area contributed by atoms with Crippen LogP contribution in [0.2, 0.25) is 0 Å². The number of hydrogen-bond acceptors (Lipinski definition) is 4. The number of rotatable bonds is 8. The van der Waals surface area contributed by atoms with Gasteiger partial charge in [-0.25, -0.2) is 4.79 Å². The molecule has 0 saturated heterocycles. The second kappa shape index (κ2) is 8.16. The Morgan fingerprint density at radius 2 is 2.11 bits per heavy atom. The first-order chi connectivity index (χ1) is 9.17. The van der Waals surface area contributed by atoms with Gasteiger partial charge in [0, 0.05) is 12.7 Å². The highest BCUT2D eigenvalue weighted by Gasteiger charge is 2.05. The Morgan fingerprint density at radius 1 is 1.32 bits per heavy atom. The number of aliphatic carboxylic acids is 1. The summed E-state index contributed by atoms with van der Waals surface area (Å²) in [7, 11) is 1.55. The number of carbonyl (C=O) groups is 1. The number of benzene rings is 1. The van der Waals surface area contributed by atoms with Crippen molar-refractivity contribution in [2.75, 3.05) is 26.9 Å². The summed E-state index contributed by atoms with van der Waals surface area (Å²) >= 11 is 0. The standard InChI is InChI=1S/C14H18O5/c1-3-18-8-9-19-13-10-11(5-7-14(15)16)4-6-12(13)17-2/h4-7,10H,3,8-9H2,1-2H3,(H,15,16)/b7-5+. The van der Waals surface area contributed by atoms with Crippen molar-refractivity contribution < 1.29 is 24.1 Å². The smallest absolute Gasteiger partial charge is 0.328 e. The Kier molecular flexibility index (Phi) is 6.46. The predicted molar refractivity (Wildman–Crippen MR) is 71.7 cm³/mol. The van der Waals surface area contributed by atoms with Gasteiger partial charge in [-0.1, -0.05) is 6.07 Å². The Labute approximate surface area is 112 Å². The molecule has 104 valence electrons. The molecule has 0 amide bonds. The van der Waals surface area contributed by atoms with E-state index in [4.69, 9.17) is 19.3 Å².